The van der Waals surface area contributed by atoms with Crippen LogP contribution in [0.2, 0.25) is 0 Å². The number of hydrogen-bond acceptors (Lipinski definition) is 2. The van der Waals surface area contributed by atoms with Gasteiger partial charge in [0.05, 0.1) is 6.67 Å². The Morgan fingerprint density at radius 3 is 3.36 bits per heavy atom. The van der Waals surface area contributed by atoms with E-state index >= 15 is 0 Å². The van der Waals surface area contributed by atoms with Gasteiger partial charge in [-0.3, -0.25) is 5.32 Å². The topological polar surface area (TPSA) is 15.3 Å². The Hall–Kier alpha value is -0.500. The Morgan fingerprint density at radius 1 is 1.36 bits per heavy atom. The highest BCUT2D eigenvalue weighted by molar-refractivity contribution is 5.05. The van der Waals surface area contributed by atoms with Crippen LogP contribution in [0.5, 0.6) is 0 Å². The summed E-state index contributed by atoms with van der Waals surface area (Å²) < 4.78 is 0. The third kappa shape index (κ3) is 1.56. The van der Waals surface area contributed by atoms with Gasteiger partial charge in [0.25, 0.3) is 0 Å². The minimum absolute atomic E-state index is 1.08. The molecule has 0 aromatic heterocycles. The van der Waals surface area contributed by atoms with Crippen LogP contribution in [-0.2, 0) is 0 Å². The molecule has 0 atom stereocenters. The second-order valence-corrected chi connectivity index (χ2v) is 3.36. The molecule has 1 saturated heterocycles. The van der Waals surface area contributed by atoms with E-state index in [4.69, 9.17) is 0 Å². The van der Waals surface area contributed by atoms with Crippen molar-refractivity contribution in [2.45, 2.75) is 25.7 Å². The van der Waals surface area contributed by atoms with Crippen molar-refractivity contribution in [1.29, 1.82) is 0 Å². The van der Waals surface area contributed by atoms with Gasteiger partial charge in [-0.1, -0.05) is 6.08 Å². The molecule has 2 aliphatic rings. The summed E-state index contributed by atoms with van der Waals surface area (Å²) in [5.74, 6) is 0. The summed E-state index contributed by atoms with van der Waals surface area (Å²) in [6.45, 7) is 3.53. The molecule has 0 saturated carbocycles. The van der Waals surface area contributed by atoms with Gasteiger partial charge in [0.2, 0.25) is 0 Å². The standard InChI is InChI=1S/C9H16N2/c1-2-7-11-8-10-6-3-5-9(11)4-1/h4,10H,1-3,5-8H2. The zero-order chi connectivity index (χ0) is 7.52. The average Bonchev–Trinajstić information content (AvgIpc) is 2.28. The van der Waals surface area contributed by atoms with Crippen LogP contribution in [-0.4, -0.2) is 24.7 Å². The van der Waals surface area contributed by atoms with Gasteiger partial charge < -0.3 is 4.90 Å². The highest BCUT2D eigenvalue weighted by Gasteiger charge is 2.14. The lowest BCUT2D eigenvalue weighted by Gasteiger charge is -2.28. The fourth-order valence-electron chi connectivity index (χ4n) is 1.87. The van der Waals surface area contributed by atoms with Crippen molar-refractivity contribution in [3.63, 3.8) is 0 Å². The van der Waals surface area contributed by atoms with Crippen LogP contribution >= 0.6 is 0 Å². The molecule has 0 aromatic carbocycles. The lowest BCUT2D eigenvalue weighted by Crippen LogP contribution is -2.33. The highest BCUT2D eigenvalue weighted by atomic mass is 15.2. The van der Waals surface area contributed by atoms with Crippen molar-refractivity contribution >= 4 is 0 Å². The maximum atomic E-state index is 3.43. The quantitative estimate of drug-likeness (QED) is 0.563. The Kier molecular flexibility index (Phi) is 2.13. The summed E-state index contributed by atoms with van der Waals surface area (Å²) in [7, 11) is 0. The predicted octanol–water partition coefficient (Wildman–Crippen LogP) is 1.31. The summed E-state index contributed by atoms with van der Waals surface area (Å²) >= 11 is 0. The molecular formula is C9H16N2. The lowest BCUT2D eigenvalue weighted by atomic mass is 10.1. The molecule has 1 fully saturated rings. The summed E-state index contributed by atoms with van der Waals surface area (Å²) in [6, 6.07) is 0. The molecule has 0 aliphatic carbocycles. The van der Waals surface area contributed by atoms with Crippen molar-refractivity contribution in [3.8, 4) is 0 Å². The molecule has 0 bridgehead atoms. The van der Waals surface area contributed by atoms with Crippen LogP contribution < -0.4 is 5.32 Å². The van der Waals surface area contributed by atoms with Gasteiger partial charge in [0.15, 0.2) is 0 Å². The van der Waals surface area contributed by atoms with Crippen LogP contribution in [0, 0.1) is 0 Å². The van der Waals surface area contributed by atoms with Gasteiger partial charge in [-0.25, -0.2) is 0 Å². The van der Waals surface area contributed by atoms with Gasteiger partial charge in [-0.2, -0.15) is 0 Å². The van der Waals surface area contributed by atoms with Gasteiger partial charge in [-0.15, -0.1) is 0 Å². The second kappa shape index (κ2) is 3.26. The maximum Gasteiger partial charge on any atom is 0.0678 e. The van der Waals surface area contributed by atoms with Crippen LogP contribution in [0.1, 0.15) is 25.7 Å². The molecule has 0 aromatic rings. The van der Waals surface area contributed by atoms with Crippen molar-refractivity contribution in [3.05, 3.63) is 11.8 Å². The van der Waals surface area contributed by atoms with Crippen molar-refractivity contribution in [1.82, 2.24) is 10.2 Å². The zero-order valence-electron chi connectivity index (χ0n) is 6.97. The molecule has 2 heteroatoms. The van der Waals surface area contributed by atoms with E-state index in [1.807, 2.05) is 0 Å². The lowest BCUT2D eigenvalue weighted by molar-refractivity contribution is 0.308. The largest absolute Gasteiger partial charge is 0.362 e. The number of nitrogens with one attached hydrogen (secondary N) is 1. The molecule has 1 N–H and O–H groups in total. The third-order valence-electron chi connectivity index (χ3n) is 2.51. The first-order valence-corrected chi connectivity index (χ1v) is 4.61. The summed E-state index contributed by atoms with van der Waals surface area (Å²) in [4.78, 5) is 2.48. The maximum absolute atomic E-state index is 3.43. The normalized spacial score (nSPS) is 25.5. The fourth-order valence-corrected chi connectivity index (χ4v) is 1.87. The molecule has 11 heavy (non-hydrogen) atoms. The minimum Gasteiger partial charge on any atom is -0.362 e. The molecule has 0 spiro atoms. The molecule has 62 valence electrons. The van der Waals surface area contributed by atoms with E-state index < -0.39 is 0 Å². The number of allylic oxidation sites excluding steroid dienone is 2. The molecule has 0 amide bonds. The number of nitrogens with zero attached hydrogens (tertiary/aromatic N) is 1. The van der Waals surface area contributed by atoms with Crippen LogP contribution in [0.25, 0.3) is 0 Å². The SMILES string of the molecule is C1=C2CCCNCN2CCC1. The van der Waals surface area contributed by atoms with Gasteiger partial charge in [0, 0.05) is 12.2 Å². The van der Waals surface area contributed by atoms with E-state index in [-0.39, 0.29) is 0 Å². The monoisotopic (exact) mass is 152 g/mol. The minimum atomic E-state index is 1.08. The number of fused-ring (bicyclic) bond motifs is 1. The van der Waals surface area contributed by atoms with E-state index in [1.165, 1.54) is 38.8 Å². The van der Waals surface area contributed by atoms with E-state index in [9.17, 15) is 0 Å². The second-order valence-electron chi connectivity index (χ2n) is 3.36. The average molecular weight is 152 g/mol. The van der Waals surface area contributed by atoms with Gasteiger partial charge >= 0.3 is 0 Å². The van der Waals surface area contributed by atoms with Gasteiger partial charge in [0.1, 0.15) is 0 Å². The van der Waals surface area contributed by atoms with E-state index in [2.05, 4.69) is 16.3 Å². The van der Waals surface area contributed by atoms with E-state index in [0.717, 1.165) is 6.67 Å². The summed E-state index contributed by atoms with van der Waals surface area (Å²) in [6.07, 6.45) is 7.64. The number of rotatable bonds is 0. The van der Waals surface area contributed by atoms with Crippen LogP contribution in [0.3, 0.4) is 0 Å². The number of hydrogen-bond donors (Lipinski definition) is 1. The Bertz CT molecular complexity index is 163. The smallest absolute Gasteiger partial charge is 0.0678 e. The van der Waals surface area contributed by atoms with E-state index in [0.29, 0.717) is 0 Å². The Balaban J connectivity index is 2.07. The van der Waals surface area contributed by atoms with Crippen molar-refractivity contribution in [2.24, 2.45) is 0 Å². The molecule has 0 unspecified atom stereocenters. The molecule has 2 nitrogen and oxygen atoms in total. The van der Waals surface area contributed by atoms with Gasteiger partial charge in [-0.05, 0) is 32.2 Å². The van der Waals surface area contributed by atoms with Crippen molar-refractivity contribution < 1.29 is 0 Å². The van der Waals surface area contributed by atoms with E-state index in [1.54, 1.807) is 5.70 Å². The molecule has 2 heterocycles. The van der Waals surface area contributed by atoms with Crippen molar-refractivity contribution in [2.75, 3.05) is 19.8 Å². The Labute approximate surface area is 68.3 Å². The summed E-state index contributed by atoms with van der Waals surface area (Å²) in [5.41, 5.74) is 1.58. The molecule has 2 aliphatic heterocycles. The van der Waals surface area contributed by atoms with Crippen LogP contribution in [0.15, 0.2) is 11.8 Å². The summed E-state index contributed by atoms with van der Waals surface area (Å²) in [5, 5.41) is 3.43. The highest BCUT2D eigenvalue weighted by Crippen LogP contribution is 2.19. The first-order valence-electron chi connectivity index (χ1n) is 4.61. The Morgan fingerprint density at radius 2 is 2.36 bits per heavy atom. The first-order chi connectivity index (χ1) is 5.47. The predicted molar refractivity (Wildman–Crippen MR) is 46.1 cm³/mol. The first kappa shape index (κ1) is 7.17. The zero-order valence-corrected chi connectivity index (χ0v) is 6.97. The molecule has 2 rings (SSSR count). The fraction of sp³-hybridized carbons (Fsp3) is 0.778. The third-order valence-corrected chi connectivity index (χ3v) is 2.51. The molecular weight excluding hydrogens is 136 g/mol. The van der Waals surface area contributed by atoms with Crippen LogP contribution in [0.4, 0.5) is 0 Å². The molecule has 0 radical (unpaired) electrons.